The van der Waals surface area contributed by atoms with Gasteiger partial charge in [-0.2, -0.15) is 0 Å². The minimum atomic E-state index is -0.528. The van der Waals surface area contributed by atoms with Crippen LogP contribution in [-0.2, 0) is 22.7 Å². The Balaban J connectivity index is 1.17. The number of rotatable bonds is 8. The van der Waals surface area contributed by atoms with Gasteiger partial charge in [0.15, 0.2) is 5.78 Å². The van der Waals surface area contributed by atoms with Crippen LogP contribution in [-0.4, -0.2) is 54.6 Å². The molecule has 2 amide bonds. The Bertz CT molecular complexity index is 1700. The van der Waals surface area contributed by atoms with Crippen LogP contribution in [0.4, 0.5) is 11.4 Å². The molecule has 40 heavy (non-hydrogen) atoms. The third-order valence-electron chi connectivity index (χ3n) is 7.04. The van der Waals surface area contributed by atoms with Gasteiger partial charge in [0.2, 0.25) is 11.8 Å². The van der Waals surface area contributed by atoms with Crippen molar-refractivity contribution in [2.45, 2.75) is 38.9 Å². The molecule has 6 rings (SSSR count). The lowest BCUT2D eigenvalue weighted by Gasteiger charge is -2.24. The summed E-state index contributed by atoms with van der Waals surface area (Å²) in [5.74, 6) is -0.426. The highest BCUT2D eigenvalue weighted by Gasteiger charge is 2.34. The SMILES string of the molecule is CC(=O)c1cn(CC(=O)N2CCC[C@H]2C(=O)NCc2nc3ccccc3s2)c2ccc(Nc3cncnc3)cc12. The summed E-state index contributed by atoms with van der Waals surface area (Å²) in [5, 5.41) is 7.78. The summed E-state index contributed by atoms with van der Waals surface area (Å²) in [6.45, 7) is 2.39. The summed E-state index contributed by atoms with van der Waals surface area (Å²) in [6, 6.07) is 13.0. The number of benzene rings is 2. The maximum Gasteiger partial charge on any atom is 0.243 e. The van der Waals surface area contributed by atoms with Crippen LogP contribution in [0.1, 0.15) is 35.1 Å². The molecule has 11 heteroatoms. The third-order valence-corrected chi connectivity index (χ3v) is 8.08. The first kappa shape index (κ1) is 25.6. The second-order valence-electron chi connectivity index (χ2n) is 9.75. The maximum atomic E-state index is 13.5. The molecule has 1 saturated heterocycles. The number of Topliss-reactive ketones (excluding diaryl/α,β-unsaturated/α-hetero) is 1. The largest absolute Gasteiger partial charge is 0.353 e. The van der Waals surface area contributed by atoms with Crippen molar-refractivity contribution in [1.29, 1.82) is 0 Å². The zero-order valence-electron chi connectivity index (χ0n) is 21.8. The second kappa shape index (κ2) is 10.9. The molecule has 4 heterocycles. The van der Waals surface area contributed by atoms with Gasteiger partial charge >= 0.3 is 0 Å². The maximum absolute atomic E-state index is 13.5. The number of para-hydroxylation sites is 1. The van der Waals surface area contributed by atoms with Gasteiger partial charge in [0.05, 0.1) is 34.8 Å². The fraction of sp³-hybridized carbons (Fsp3) is 0.241. The molecule has 5 aromatic rings. The van der Waals surface area contributed by atoms with E-state index < -0.39 is 6.04 Å². The average Bonchev–Trinajstić information content (AvgIpc) is 3.69. The number of thiazole rings is 1. The number of anilines is 2. The number of nitrogens with zero attached hydrogens (tertiary/aromatic N) is 5. The molecule has 0 radical (unpaired) electrons. The Labute approximate surface area is 234 Å². The molecular formula is C29H27N7O3S. The highest BCUT2D eigenvalue weighted by atomic mass is 32.1. The molecule has 0 saturated carbocycles. The van der Waals surface area contributed by atoms with Crippen molar-refractivity contribution in [3.63, 3.8) is 0 Å². The van der Waals surface area contributed by atoms with E-state index in [0.29, 0.717) is 25.1 Å². The minimum Gasteiger partial charge on any atom is -0.353 e. The highest BCUT2D eigenvalue weighted by molar-refractivity contribution is 7.18. The van der Waals surface area contributed by atoms with E-state index in [4.69, 9.17) is 0 Å². The van der Waals surface area contributed by atoms with Gasteiger partial charge in [0, 0.05) is 34.9 Å². The lowest BCUT2D eigenvalue weighted by Crippen LogP contribution is -2.46. The third kappa shape index (κ3) is 5.15. The molecule has 10 nitrogen and oxygen atoms in total. The number of fused-ring (bicyclic) bond motifs is 2. The highest BCUT2D eigenvalue weighted by Crippen LogP contribution is 2.28. The number of carbonyl (C=O) groups is 3. The molecule has 0 spiro atoms. The van der Waals surface area contributed by atoms with E-state index in [1.54, 1.807) is 39.4 Å². The van der Waals surface area contributed by atoms with E-state index in [0.717, 1.165) is 43.9 Å². The van der Waals surface area contributed by atoms with Gasteiger partial charge in [-0.05, 0) is 50.1 Å². The predicted octanol–water partition coefficient (Wildman–Crippen LogP) is 4.29. The molecule has 2 aromatic carbocycles. The molecule has 1 fully saturated rings. The molecule has 2 N–H and O–H groups in total. The molecule has 0 bridgehead atoms. The summed E-state index contributed by atoms with van der Waals surface area (Å²) in [4.78, 5) is 53.3. The number of hydrogen-bond donors (Lipinski definition) is 2. The molecule has 1 atom stereocenters. The number of ketones is 1. The summed E-state index contributed by atoms with van der Waals surface area (Å²) in [6.07, 6.45) is 7.87. The van der Waals surface area contributed by atoms with Crippen LogP contribution >= 0.6 is 11.3 Å². The summed E-state index contributed by atoms with van der Waals surface area (Å²) in [5.41, 5.74) is 3.71. The topological polar surface area (TPSA) is 122 Å². The van der Waals surface area contributed by atoms with E-state index in [1.165, 1.54) is 13.3 Å². The molecule has 0 unspecified atom stereocenters. The van der Waals surface area contributed by atoms with Gasteiger partial charge in [0.1, 0.15) is 23.9 Å². The van der Waals surface area contributed by atoms with Gasteiger partial charge in [0.25, 0.3) is 0 Å². The van der Waals surface area contributed by atoms with Gasteiger partial charge in [-0.3, -0.25) is 14.4 Å². The molecule has 1 aliphatic heterocycles. The zero-order chi connectivity index (χ0) is 27.6. The lowest BCUT2D eigenvalue weighted by atomic mass is 10.1. The van der Waals surface area contributed by atoms with Crippen LogP contribution in [0.5, 0.6) is 0 Å². The van der Waals surface area contributed by atoms with E-state index >= 15 is 0 Å². The van der Waals surface area contributed by atoms with Crippen LogP contribution in [0.15, 0.2) is 67.4 Å². The standard InChI is InChI=1S/C29H27N7O3S/c1-18(37)22-15-35(24-9-8-19(11-21(22)24)33-20-12-30-17-31-13-20)16-28(38)36-10-4-6-25(36)29(39)32-14-27-34-23-5-2-3-7-26(23)40-27/h2-3,5,7-9,11-13,15,17,25,33H,4,6,10,14,16H2,1H3,(H,32,39)/t25-/m0/s1. The molecule has 202 valence electrons. The van der Waals surface area contributed by atoms with Crippen molar-refractivity contribution in [3.8, 4) is 0 Å². The number of likely N-dealkylation sites (tertiary alicyclic amines) is 1. The minimum absolute atomic E-state index is 0.0325. The molecule has 0 aliphatic carbocycles. The van der Waals surface area contributed by atoms with E-state index in [2.05, 4.69) is 25.6 Å². The monoisotopic (exact) mass is 553 g/mol. The van der Waals surface area contributed by atoms with Gasteiger partial charge in [-0.1, -0.05) is 12.1 Å². The van der Waals surface area contributed by atoms with Gasteiger partial charge in [-0.25, -0.2) is 15.0 Å². The van der Waals surface area contributed by atoms with Crippen molar-refractivity contribution in [2.24, 2.45) is 0 Å². The second-order valence-corrected chi connectivity index (χ2v) is 10.9. The summed E-state index contributed by atoms with van der Waals surface area (Å²) in [7, 11) is 0. The lowest BCUT2D eigenvalue weighted by molar-refractivity contribution is -0.138. The Morgan fingerprint density at radius 3 is 2.70 bits per heavy atom. The Morgan fingerprint density at radius 1 is 1.07 bits per heavy atom. The first-order chi connectivity index (χ1) is 19.5. The zero-order valence-corrected chi connectivity index (χ0v) is 22.6. The fourth-order valence-electron chi connectivity index (χ4n) is 5.17. The first-order valence-electron chi connectivity index (χ1n) is 13.0. The fourth-order valence-corrected chi connectivity index (χ4v) is 6.07. The predicted molar refractivity (Wildman–Crippen MR) is 153 cm³/mol. The van der Waals surface area contributed by atoms with E-state index in [9.17, 15) is 14.4 Å². The molecule has 1 aliphatic rings. The van der Waals surface area contributed by atoms with Crippen molar-refractivity contribution in [1.82, 2.24) is 29.7 Å². The van der Waals surface area contributed by atoms with E-state index in [-0.39, 0.29) is 24.1 Å². The number of aromatic nitrogens is 4. The molecule has 3 aromatic heterocycles. The van der Waals surface area contributed by atoms with Gasteiger partial charge < -0.3 is 20.1 Å². The van der Waals surface area contributed by atoms with Crippen molar-refractivity contribution >= 4 is 61.4 Å². The summed E-state index contributed by atoms with van der Waals surface area (Å²) < 4.78 is 2.86. The van der Waals surface area contributed by atoms with Crippen LogP contribution < -0.4 is 10.6 Å². The Hall–Kier alpha value is -4.64. The first-order valence-corrected chi connectivity index (χ1v) is 13.9. The van der Waals surface area contributed by atoms with E-state index in [1.807, 2.05) is 42.5 Å². The van der Waals surface area contributed by atoms with Crippen LogP contribution in [0, 0.1) is 0 Å². The van der Waals surface area contributed by atoms with Crippen LogP contribution in [0.3, 0.4) is 0 Å². The van der Waals surface area contributed by atoms with Crippen molar-refractivity contribution < 1.29 is 14.4 Å². The quantitative estimate of drug-likeness (QED) is 0.275. The van der Waals surface area contributed by atoms with Crippen LogP contribution in [0.25, 0.3) is 21.1 Å². The normalized spacial score (nSPS) is 15.0. The van der Waals surface area contributed by atoms with Gasteiger partial charge in [-0.15, -0.1) is 11.3 Å². The Kier molecular flexibility index (Phi) is 6.95. The van der Waals surface area contributed by atoms with Crippen molar-refractivity contribution in [3.05, 3.63) is 78.0 Å². The Morgan fingerprint density at radius 2 is 1.90 bits per heavy atom. The number of nitrogens with one attached hydrogen (secondary N) is 2. The number of carbonyl (C=O) groups excluding carboxylic acids is 3. The van der Waals surface area contributed by atoms with Crippen molar-refractivity contribution in [2.75, 3.05) is 11.9 Å². The molecular weight excluding hydrogens is 526 g/mol. The smallest absolute Gasteiger partial charge is 0.243 e. The number of amides is 2. The van der Waals surface area contributed by atoms with Crippen LogP contribution in [0.2, 0.25) is 0 Å². The number of hydrogen-bond acceptors (Lipinski definition) is 8. The average molecular weight is 554 g/mol. The summed E-state index contributed by atoms with van der Waals surface area (Å²) >= 11 is 1.55.